The zero-order chi connectivity index (χ0) is 13.7. The first-order valence-corrected chi connectivity index (χ1v) is 7.10. The van der Waals surface area contributed by atoms with Gasteiger partial charge in [0, 0.05) is 13.2 Å². The molecular formula is C16H22N2O. The fourth-order valence-corrected chi connectivity index (χ4v) is 2.94. The van der Waals surface area contributed by atoms with Gasteiger partial charge in [-0.15, -0.1) is 0 Å². The van der Waals surface area contributed by atoms with Gasteiger partial charge in [-0.25, -0.2) is 0 Å². The van der Waals surface area contributed by atoms with Gasteiger partial charge in [0.15, 0.2) is 0 Å². The van der Waals surface area contributed by atoms with Crippen molar-refractivity contribution in [3.63, 3.8) is 0 Å². The molecule has 19 heavy (non-hydrogen) atoms. The molecule has 0 bridgehead atoms. The van der Waals surface area contributed by atoms with Crippen molar-refractivity contribution in [2.45, 2.75) is 32.6 Å². The zero-order valence-corrected chi connectivity index (χ0v) is 11.5. The highest BCUT2D eigenvalue weighted by molar-refractivity contribution is 5.58. The Bertz CT molecular complexity index is 464. The molecule has 0 aromatic heterocycles. The second kappa shape index (κ2) is 6.58. The van der Waals surface area contributed by atoms with Crippen molar-refractivity contribution in [1.82, 2.24) is 0 Å². The van der Waals surface area contributed by atoms with Gasteiger partial charge in [0.1, 0.15) is 6.07 Å². The van der Waals surface area contributed by atoms with Gasteiger partial charge in [-0.2, -0.15) is 5.26 Å². The predicted molar refractivity (Wildman–Crippen MR) is 76.9 cm³/mol. The molecule has 0 heterocycles. The van der Waals surface area contributed by atoms with Crippen molar-refractivity contribution >= 4 is 5.69 Å². The van der Waals surface area contributed by atoms with Crippen LogP contribution in [0.1, 0.15) is 36.8 Å². The van der Waals surface area contributed by atoms with E-state index in [2.05, 4.69) is 11.4 Å². The van der Waals surface area contributed by atoms with E-state index < -0.39 is 0 Å². The number of anilines is 1. The number of nitriles is 1. The lowest BCUT2D eigenvalue weighted by Crippen LogP contribution is -2.28. The van der Waals surface area contributed by atoms with Crippen LogP contribution in [0.2, 0.25) is 0 Å². The summed E-state index contributed by atoms with van der Waals surface area (Å²) in [4.78, 5) is 0. The fraction of sp³-hybridized carbons (Fsp3) is 0.562. The van der Waals surface area contributed by atoms with E-state index in [1.165, 1.54) is 19.3 Å². The van der Waals surface area contributed by atoms with Crippen molar-refractivity contribution < 1.29 is 5.11 Å². The quantitative estimate of drug-likeness (QED) is 0.872. The van der Waals surface area contributed by atoms with Gasteiger partial charge in [0.2, 0.25) is 0 Å². The number of hydrogen-bond acceptors (Lipinski definition) is 3. The smallest absolute Gasteiger partial charge is 0.101 e. The molecule has 3 nitrogen and oxygen atoms in total. The Morgan fingerprint density at radius 3 is 2.74 bits per heavy atom. The van der Waals surface area contributed by atoms with Gasteiger partial charge >= 0.3 is 0 Å². The molecule has 2 N–H and O–H groups in total. The van der Waals surface area contributed by atoms with Crippen LogP contribution in [0.25, 0.3) is 0 Å². The third-order valence-electron chi connectivity index (χ3n) is 4.15. The minimum absolute atomic E-state index is 0.283. The first-order chi connectivity index (χ1) is 9.24. The molecule has 1 fully saturated rings. The van der Waals surface area contributed by atoms with Crippen molar-refractivity contribution in [3.8, 4) is 6.07 Å². The number of aliphatic hydroxyl groups is 1. The number of nitrogens with zero attached hydrogens (tertiary/aromatic N) is 1. The molecule has 1 aliphatic carbocycles. The predicted octanol–water partition coefficient (Wildman–Crippen LogP) is 3.08. The number of aryl methyl sites for hydroxylation is 1. The fourth-order valence-electron chi connectivity index (χ4n) is 2.94. The van der Waals surface area contributed by atoms with E-state index >= 15 is 0 Å². The maximum absolute atomic E-state index is 9.42. The minimum Gasteiger partial charge on any atom is -0.396 e. The molecule has 2 atom stereocenters. The molecule has 0 amide bonds. The van der Waals surface area contributed by atoms with E-state index in [0.29, 0.717) is 17.4 Å². The largest absolute Gasteiger partial charge is 0.396 e. The first kappa shape index (κ1) is 13.9. The van der Waals surface area contributed by atoms with Crippen LogP contribution < -0.4 is 5.32 Å². The van der Waals surface area contributed by atoms with Crippen molar-refractivity contribution in [2.24, 2.45) is 11.8 Å². The van der Waals surface area contributed by atoms with Crippen LogP contribution in [0.3, 0.4) is 0 Å². The summed E-state index contributed by atoms with van der Waals surface area (Å²) in [5.74, 6) is 0.933. The molecule has 0 spiro atoms. The second-order valence-corrected chi connectivity index (χ2v) is 5.53. The average Bonchev–Trinajstić information content (AvgIpc) is 2.45. The molecule has 1 aliphatic rings. The van der Waals surface area contributed by atoms with E-state index in [1.54, 1.807) is 0 Å². The molecule has 0 radical (unpaired) electrons. The van der Waals surface area contributed by atoms with Gasteiger partial charge in [-0.05, 0) is 49.3 Å². The Hall–Kier alpha value is -1.53. The molecule has 3 heteroatoms. The van der Waals surface area contributed by atoms with E-state index in [1.807, 2.05) is 25.1 Å². The van der Waals surface area contributed by atoms with Gasteiger partial charge in [-0.1, -0.05) is 18.9 Å². The number of rotatable bonds is 4. The lowest BCUT2D eigenvalue weighted by Gasteiger charge is -2.30. The Kier molecular flexibility index (Phi) is 4.81. The highest BCUT2D eigenvalue weighted by Gasteiger charge is 2.24. The molecule has 1 aromatic carbocycles. The molecular weight excluding hydrogens is 236 g/mol. The molecule has 102 valence electrons. The van der Waals surface area contributed by atoms with Crippen molar-refractivity contribution in [2.75, 3.05) is 18.5 Å². The summed E-state index contributed by atoms with van der Waals surface area (Å²) in [5.41, 5.74) is 2.77. The first-order valence-electron chi connectivity index (χ1n) is 7.10. The molecule has 1 aromatic rings. The van der Waals surface area contributed by atoms with Crippen LogP contribution >= 0.6 is 0 Å². The number of aliphatic hydroxyl groups excluding tert-OH is 1. The molecule has 0 aliphatic heterocycles. The van der Waals surface area contributed by atoms with Gasteiger partial charge in [0.05, 0.1) is 11.3 Å². The summed E-state index contributed by atoms with van der Waals surface area (Å²) >= 11 is 0. The topological polar surface area (TPSA) is 56.0 Å². The Balaban J connectivity index is 2.01. The van der Waals surface area contributed by atoms with Gasteiger partial charge in [-0.3, -0.25) is 0 Å². The van der Waals surface area contributed by atoms with Crippen LogP contribution in [0.5, 0.6) is 0 Å². The second-order valence-electron chi connectivity index (χ2n) is 5.53. The summed E-state index contributed by atoms with van der Waals surface area (Å²) < 4.78 is 0. The molecule has 1 saturated carbocycles. The summed E-state index contributed by atoms with van der Waals surface area (Å²) in [5, 5.41) is 21.9. The third-order valence-corrected chi connectivity index (χ3v) is 4.15. The maximum Gasteiger partial charge on any atom is 0.101 e. The monoisotopic (exact) mass is 258 g/mol. The van der Waals surface area contributed by atoms with Crippen LogP contribution in [-0.2, 0) is 0 Å². The van der Waals surface area contributed by atoms with Gasteiger partial charge < -0.3 is 10.4 Å². The van der Waals surface area contributed by atoms with Crippen LogP contribution in [0.4, 0.5) is 5.69 Å². The standard InChI is InChI=1S/C16H22N2O/c1-12-6-7-13(9-17)16(8-12)18-10-14-4-2-3-5-15(14)11-19/h6-8,14-15,18-19H,2-5,10-11H2,1H3. The Morgan fingerprint density at radius 2 is 2.05 bits per heavy atom. The van der Waals surface area contributed by atoms with Crippen LogP contribution in [0, 0.1) is 30.1 Å². The Morgan fingerprint density at radius 1 is 1.32 bits per heavy atom. The van der Waals surface area contributed by atoms with E-state index in [4.69, 9.17) is 5.26 Å². The summed E-state index contributed by atoms with van der Waals surface area (Å²) in [7, 11) is 0. The highest BCUT2D eigenvalue weighted by atomic mass is 16.3. The summed E-state index contributed by atoms with van der Waals surface area (Å²) in [6.07, 6.45) is 4.78. The van der Waals surface area contributed by atoms with E-state index in [0.717, 1.165) is 24.2 Å². The van der Waals surface area contributed by atoms with Crippen molar-refractivity contribution in [3.05, 3.63) is 29.3 Å². The number of benzene rings is 1. The van der Waals surface area contributed by atoms with Crippen molar-refractivity contribution in [1.29, 1.82) is 5.26 Å². The van der Waals surface area contributed by atoms with E-state index in [9.17, 15) is 5.11 Å². The third kappa shape index (κ3) is 3.48. The van der Waals surface area contributed by atoms with Crippen LogP contribution in [-0.4, -0.2) is 18.3 Å². The number of nitrogens with one attached hydrogen (secondary N) is 1. The lowest BCUT2D eigenvalue weighted by atomic mass is 9.79. The average molecular weight is 258 g/mol. The minimum atomic E-state index is 0.283. The summed E-state index contributed by atoms with van der Waals surface area (Å²) in [6.45, 7) is 3.16. The SMILES string of the molecule is Cc1ccc(C#N)c(NCC2CCCCC2CO)c1. The highest BCUT2D eigenvalue weighted by Crippen LogP contribution is 2.30. The normalized spacial score (nSPS) is 22.8. The van der Waals surface area contributed by atoms with Crippen LogP contribution in [0.15, 0.2) is 18.2 Å². The lowest BCUT2D eigenvalue weighted by molar-refractivity contribution is 0.141. The molecule has 0 saturated heterocycles. The van der Waals surface area contributed by atoms with E-state index in [-0.39, 0.29) is 6.61 Å². The van der Waals surface area contributed by atoms with Gasteiger partial charge in [0.25, 0.3) is 0 Å². The number of hydrogen-bond donors (Lipinski definition) is 2. The molecule has 2 rings (SSSR count). The zero-order valence-electron chi connectivity index (χ0n) is 11.5. The Labute approximate surface area is 115 Å². The summed E-state index contributed by atoms with van der Waals surface area (Å²) in [6, 6.07) is 8.07. The molecule has 2 unspecified atom stereocenters. The maximum atomic E-state index is 9.42.